The van der Waals surface area contributed by atoms with E-state index in [0.29, 0.717) is 5.92 Å². The van der Waals surface area contributed by atoms with Crippen molar-refractivity contribution in [2.75, 3.05) is 0 Å². The van der Waals surface area contributed by atoms with E-state index in [1.165, 1.54) is 5.56 Å². The first-order valence-corrected chi connectivity index (χ1v) is 3.69. The van der Waals surface area contributed by atoms with Gasteiger partial charge in [-0.05, 0) is 11.5 Å². The normalized spacial score (nSPS) is 8.45. The maximum atomic E-state index is 4.00. The molecule has 0 saturated heterocycles. The van der Waals surface area contributed by atoms with Crippen LogP contribution in [0.3, 0.4) is 0 Å². The quantitative estimate of drug-likeness (QED) is 0.534. The highest BCUT2D eigenvalue weighted by Crippen LogP contribution is 2.11. The monoisotopic (exact) mass is 146 g/mol. The van der Waals surface area contributed by atoms with Gasteiger partial charge in [-0.2, -0.15) is 0 Å². The molecule has 0 nitrogen and oxygen atoms in total. The average Bonchev–Trinajstić information content (AvgIpc) is 2.10. The first kappa shape index (κ1) is 9.78. The Labute approximate surface area is 69.3 Å². The van der Waals surface area contributed by atoms with Crippen LogP contribution in [0.25, 0.3) is 0 Å². The van der Waals surface area contributed by atoms with E-state index in [-0.39, 0.29) is 0 Å². The fraction of sp³-hybridized carbons (Fsp3) is 0.273. The molecule has 1 aromatic rings. The SMILES string of the molecule is C#C.CC(C)c1ccccc1. The van der Waals surface area contributed by atoms with E-state index in [2.05, 4.69) is 51.0 Å². The molecule has 0 aromatic heterocycles. The summed E-state index contributed by atoms with van der Waals surface area (Å²) in [6.45, 7) is 4.41. The highest BCUT2D eigenvalue weighted by Gasteiger charge is 1.93. The topological polar surface area (TPSA) is 0 Å². The lowest BCUT2D eigenvalue weighted by Gasteiger charge is -2.01. The number of benzene rings is 1. The number of hydrogen-bond donors (Lipinski definition) is 0. The first-order valence-electron chi connectivity index (χ1n) is 3.69. The second kappa shape index (κ2) is 5.56. The van der Waals surface area contributed by atoms with Crippen LogP contribution >= 0.6 is 0 Å². The summed E-state index contributed by atoms with van der Waals surface area (Å²) < 4.78 is 0. The van der Waals surface area contributed by atoms with Crippen molar-refractivity contribution < 1.29 is 0 Å². The molecule has 0 atom stereocenters. The van der Waals surface area contributed by atoms with Gasteiger partial charge in [0, 0.05) is 0 Å². The maximum absolute atomic E-state index is 4.00. The van der Waals surface area contributed by atoms with Crippen LogP contribution in [0.5, 0.6) is 0 Å². The molecule has 0 heteroatoms. The zero-order valence-electron chi connectivity index (χ0n) is 7.12. The number of terminal acetylenes is 1. The van der Waals surface area contributed by atoms with Gasteiger partial charge in [-0.3, -0.25) is 0 Å². The van der Waals surface area contributed by atoms with Crippen LogP contribution < -0.4 is 0 Å². The highest BCUT2D eigenvalue weighted by molar-refractivity contribution is 5.17. The third-order valence-corrected chi connectivity index (χ3v) is 1.47. The first-order chi connectivity index (χ1) is 5.30. The van der Waals surface area contributed by atoms with Gasteiger partial charge in [-0.1, -0.05) is 44.2 Å². The molecular weight excluding hydrogens is 132 g/mol. The molecule has 0 amide bonds. The Balaban J connectivity index is 0.000000461. The van der Waals surface area contributed by atoms with Crippen LogP contribution in [0.1, 0.15) is 25.3 Å². The van der Waals surface area contributed by atoms with Crippen molar-refractivity contribution in [2.24, 2.45) is 0 Å². The molecule has 0 bridgehead atoms. The zero-order valence-corrected chi connectivity index (χ0v) is 7.12. The minimum atomic E-state index is 0.659. The van der Waals surface area contributed by atoms with Crippen LogP contribution in [-0.4, -0.2) is 0 Å². The van der Waals surface area contributed by atoms with E-state index in [1.54, 1.807) is 0 Å². The molecule has 11 heavy (non-hydrogen) atoms. The molecule has 0 heterocycles. The predicted octanol–water partition coefficient (Wildman–Crippen LogP) is 3.06. The van der Waals surface area contributed by atoms with Crippen LogP contribution in [-0.2, 0) is 0 Å². The van der Waals surface area contributed by atoms with Gasteiger partial charge in [0.05, 0.1) is 0 Å². The van der Waals surface area contributed by atoms with Gasteiger partial charge in [0.2, 0.25) is 0 Å². The Morgan fingerprint density at radius 1 is 1.00 bits per heavy atom. The molecule has 0 saturated carbocycles. The van der Waals surface area contributed by atoms with Gasteiger partial charge in [-0.15, -0.1) is 12.8 Å². The summed E-state index contributed by atoms with van der Waals surface area (Å²) in [5.41, 5.74) is 1.41. The summed E-state index contributed by atoms with van der Waals surface area (Å²) >= 11 is 0. The van der Waals surface area contributed by atoms with Crippen molar-refractivity contribution in [3.63, 3.8) is 0 Å². The van der Waals surface area contributed by atoms with Gasteiger partial charge < -0.3 is 0 Å². The van der Waals surface area contributed by atoms with Crippen molar-refractivity contribution in [1.29, 1.82) is 0 Å². The van der Waals surface area contributed by atoms with Crippen molar-refractivity contribution in [1.82, 2.24) is 0 Å². The summed E-state index contributed by atoms with van der Waals surface area (Å²) in [4.78, 5) is 0. The van der Waals surface area contributed by atoms with Gasteiger partial charge in [0.25, 0.3) is 0 Å². The van der Waals surface area contributed by atoms with Gasteiger partial charge in [-0.25, -0.2) is 0 Å². The maximum Gasteiger partial charge on any atom is -0.0219 e. The lowest BCUT2D eigenvalue weighted by Crippen LogP contribution is -1.83. The molecule has 0 radical (unpaired) electrons. The standard InChI is InChI=1S/C9H12.C2H2/c1-8(2)9-6-4-3-5-7-9;1-2/h3-8H,1-2H3;1-2H. The summed E-state index contributed by atoms with van der Waals surface area (Å²) in [6, 6.07) is 10.5. The fourth-order valence-electron chi connectivity index (χ4n) is 0.838. The summed E-state index contributed by atoms with van der Waals surface area (Å²) in [6.07, 6.45) is 8.00. The predicted molar refractivity (Wildman–Crippen MR) is 50.4 cm³/mol. The van der Waals surface area contributed by atoms with Crippen LogP contribution in [0.2, 0.25) is 0 Å². The molecule has 1 rings (SSSR count). The Morgan fingerprint density at radius 2 is 1.45 bits per heavy atom. The molecule has 58 valence electrons. The average molecular weight is 146 g/mol. The zero-order chi connectivity index (χ0) is 8.69. The highest BCUT2D eigenvalue weighted by atomic mass is 14.0. The van der Waals surface area contributed by atoms with E-state index in [0.717, 1.165) is 0 Å². The van der Waals surface area contributed by atoms with Crippen LogP contribution in [0.15, 0.2) is 30.3 Å². The van der Waals surface area contributed by atoms with Crippen molar-refractivity contribution in [2.45, 2.75) is 19.8 Å². The summed E-state index contributed by atoms with van der Waals surface area (Å²) in [5.74, 6) is 0.659. The third kappa shape index (κ3) is 3.47. The van der Waals surface area contributed by atoms with Gasteiger partial charge in [0.15, 0.2) is 0 Å². The molecule has 0 fully saturated rings. The molecular formula is C11H14. The lowest BCUT2D eigenvalue weighted by atomic mass is 10.0. The second-order valence-corrected chi connectivity index (χ2v) is 2.57. The van der Waals surface area contributed by atoms with E-state index in [9.17, 15) is 0 Å². The molecule has 0 N–H and O–H groups in total. The summed E-state index contributed by atoms with van der Waals surface area (Å²) in [5, 5.41) is 0. The number of rotatable bonds is 1. The fourth-order valence-corrected chi connectivity index (χ4v) is 0.838. The minimum Gasteiger partial charge on any atom is -0.124 e. The molecule has 0 spiro atoms. The minimum absolute atomic E-state index is 0.659. The molecule has 0 aliphatic rings. The molecule has 0 unspecified atom stereocenters. The Morgan fingerprint density at radius 3 is 1.73 bits per heavy atom. The smallest absolute Gasteiger partial charge is 0.0219 e. The van der Waals surface area contributed by atoms with E-state index >= 15 is 0 Å². The van der Waals surface area contributed by atoms with E-state index < -0.39 is 0 Å². The number of hydrogen-bond acceptors (Lipinski definition) is 0. The third-order valence-electron chi connectivity index (χ3n) is 1.47. The molecule has 0 aliphatic heterocycles. The Kier molecular flexibility index (Phi) is 4.94. The van der Waals surface area contributed by atoms with Gasteiger partial charge in [0.1, 0.15) is 0 Å². The Hall–Kier alpha value is -1.22. The van der Waals surface area contributed by atoms with E-state index in [1.807, 2.05) is 6.07 Å². The second-order valence-electron chi connectivity index (χ2n) is 2.57. The molecule has 0 aliphatic carbocycles. The van der Waals surface area contributed by atoms with E-state index in [4.69, 9.17) is 0 Å². The van der Waals surface area contributed by atoms with Crippen molar-refractivity contribution in [3.8, 4) is 12.8 Å². The van der Waals surface area contributed by atoms with Crippen LogP contribution in [0.4, 0.5) is 0 Å². The molecule has 1 aromatic carbocycles. The largest absolute Gasteiger partial charge is 0.124 e. The summed E-state index contributed by atoms with van der Waals surface area (Å²) in [7, 11) is 0. The lowest BCUT2D eigenvalue weighted by molar-refractivity contribution is 0.867. The van der Waals surface area contributed by atoms with Crippen molar-refractivity contribution in [3.05, 3.63) is 35.9 Å². The van der Waals surface area contributed by atoms with Crippen molar-refractivity contribution >= 4 is 0 Å². The van der Waals surface area contributed by atoms with Crippen LogP contribution in [0, 0.1) is 12.8 Å². The van der Waals surface area contributed by atoms with Gasteiger partial charge >= 0.3 is 0 Å². The Bertz CT molecular complexity index is 194.